The summed E-state index contributed by atoms with van der Waals surface area (Å²) in [5, 5.41) is 0. The van der Waals surface area contributed by atoms with E-state index in [-0.39, 0.29) is 18.0 Å². The first kappa shape index (κ1) is 15.0. The van der Waals surface area contributed by atoms with E-state index in [2.05, 4.69) is 15.9 Å². The molecule has 20 heavy (non-hydrogen) atoms. The van der Waals surface area contributed by atoms with Gasteiger partial charge in [0.1, 0.15) is 17.7 Å². The zero-order valence-electron chi connectivity index (χ0n) is 11.4. The molecule has 0 amide bonds. The van der Waals surface area contributed by atoms with E-state index in [0.717, 1.165) is 11.1 Å². The Kier molecular flexibility index (Phi) is 4.78. The summed E-state index contributed by atoms with van der Waals surface area (Å²) in [6.45, 7) is 3.92. The van der Waals surface area contributed by atoms with E-state index in [1.165, 1.54) is 12.1 Å². The van der Waals surface area contributed by atoms with Gasteiger partial charge in [0.15, 0.2) is 0 Å². The minimum absolute atomic E-state index is 0.187. The third-order valence-corrected chi connectivity index (χ3v) is 3.74. The molecule has 0 radical (unpaired) electrons. The van der Waals surface area contributed by atoms with Gasteiger partial charge in [0.2, 0.25) is 0 Å². The summed E-state index contributed by atoms with van der Waals surface area (Å²) in [5.41, 5.74) is 8.21. The molecule has 2 atom stereocenters. The Morgan fingerprint density at radius 3 is 2.50 bits per heavy atom. The van der Waals surface area contributed by atoms with Gasteiger partial charge in [-0.2, -0.15) is 0 Å². The average Bonchev–Trinajstić information content (AvgIpc) is 2.39. The van der Waals surface area contributed by atoms with Crippen molar-refractivity contribution in [3.8, 4) is 5.75 Å². The van der Waals surface area contributed by atoms with E-state index in [1.54, 1.807) is 6.07 Å². The van der Waals surface area contributed by atoms with E-state index in [9.17, 15) is 4.39 Å². The van der Waals surface area contributed by atoms with Gasteiger partial charge in [-0.25, -0.2) is 4.39 Å². The molecule has 2 rings (SSSR count). The van der Waals surface area contributed by atoms with E-state index < -0.39 is 0 Å². The highest BCUT2D eigenvalue weighted by atomic mass is 79.9. The van der Waals surface area contributed by atoms with Crippen molar-refractivity contribution in [3.05, 3.63) is 63.9 Å². The molecule has 0 saturated heterocycles. The summed E-state index contributed by atoms with van der Waals surface area (Å²) >= 11 is 3.31. The average molecular weight is 338 g/mol. The second-order valence-corrected chi connectivity index (χ2v) is 5.68. The predicted octanol–water partition coefficient (Wildman–Crippen LogP) is 4.36. The van der Waals surface area contributed by atoms with Crippen molar-refractivity contribution in [2.24, 2.45) is 5.73 Å². The third kappa shape index (κ3) is 3.38. The number of aryl methyl sites for hydroxylation is 1. The Bertz CT molecular complexity index is 601. The second kappa shape index (κ2) is 6.37. The largest absolute Gasteiger partial charge is 0.483 e. The Labute approximate surface area is 126 Å². The number of ether oxygens (including phenoxy) is 1. The van der Waals surface area contributed by atoms with Gasteiger partial charge in [-0.05, 0) is 59.1 Å². The van der Waals surface area contributed by atoms with Gasteiger partial charge in [-0.15, -0.1) is 0 Å². The van der Waals surface area contributed by atoms with Crippen LogP contribution in [-0.2, 0) is 0 Å². The van der Waals surface area contributed by atoms with E-state index >= 15 is 0 Å². The number of nitrogens with two attached hydrogens (primary N) is 1. The van der Waals surface area contributed by atoms with Crippen LogP contribution in [0.25, 0.3) is 0 Å². The molecule has 0 spiro atoms. The summed E-state index contributed by atoms with van der Waals surface area (Å²) in [7, 11) is 0. The topological polar surface area (TPSA) is 35.2 Å². The molecule has 2 aromatic rings. The van der Waals surface area contributed by atoms with Crippen LogP contribution in [0, 0.1) is 12.7 Å². The zero-order valence-corrected chi connectivity index (χ0v) is 13.0. The van der Waals surface area contributed by atoms with Crippen molar-refractivity contribution >= 4 is 15.9 Å². The minimum atomic E-state index is -0.308. The molecule has 2 N–H and O–H groups in total. The first-order chi connectivity index (χ1) is 9.49. The Morgan fingerprint density at radius 1 is 1.20 bits per heavy atom. The van der Waals surface area contributed by atoms with E-state index in [4.69, 9.17) is 10.5 Å². The summed E-state index contributed by atoms with van der Waals surface area (Å²) in [5.74, 6) is 0.273. The molecule has 2 aromatic carbocycles. The number of hydrogen-bond acceptors (Lipinski definition) is 2. The SMILES string of the molecule is Cc1ccccc1C(Oc1ccc(F)cc1Br)C(C)N. The fourth-order valence-corrected chi connectivity index (χ4v) is 2.51. The lowest BCUT2D eigenvalue weighted by atomic mass is 9.99. The van der Waals surface area contributed by atoms with Crippen molar-refractivity contribution < 1.29 is 9.13 Å². The quantitative estimate of drug-likeness (QED) is 0.899. The van der Waals surface area contributed by atoms with Crippen LogP contribution in [0.5, 0.6) is 5.75 Å². The monoisotopic (exact) mass is 337 g/mol. The van der Waals surface area contributed by atoms with Gasteiger partial charge >= 0.3 is 0 Å². The smallest absolute Gasteiger partial charge is 0.139 e. The first-order valence-corrected chi connectivity index (χ1v) is 7.21. The molecule has 0 aromatic heterocycles. The number of rotatable bonds is 4. The maximum atomic E-state index is 13.1. The highest BCUT2D eigenvalue weighted by Crippen LogP contribution is 2.32. The van der Waals surface area contributed by atoms with Crippen molar-refractivity contribution in [2.75, 3.05) is 0 Å². The lowest BCUT2D eigenvalue weighted by Crippen LogP contribution is -2.29. The van der Waals surface area contributed by atoms with Crippen molar-refractivity contribution in [1.29, 1.82) is 0 Å². The molecule has 0 saturated carbocycles. The van der Waals surface area contributed by atoms with Crippen LogP contribution in [0.3, 0.4) is 0 Å². The summed E-state index contributed by atoms with van der Waals surface area (Å²) in [6, 6.07) is 12.1. The van der Waals surface area contributed by atoms with Crippen LogP contribution in [0.15, 0.2) is 46.9 Å². The highest BCUT2D eigenvalue weighted by molar-refractivity contribution is 9.10. The molecule has 0 fully saturated rings. The third-order valence-electron chi connectivity index (χ3n) is 3.12. The molecule has 4 heteroatoms. The van der Waals surface area contributed by atoms with Crippen molar-refractivity contribution in [3.63, 3.8) is 0 Å². The highest BCUT2D eigenvalue weighted by Gasteiger charge is 2.21. The molecule has 0 aliphatic carbocycles. The molecule has 0 bridgehead atoms. The Hall–Kier alpha value is -1.39. The zero-order chi connectivity index (χ0) is 14.7. The normalized spacial score (nSPS) is 13.8. The molecule has 0 aliphatic rings. The molecular weight excluding hydrogens is 321 g/mol. The van der Waals surface area contributed by atoms with E-state index in [1.807, 2.05) is 38.1 Å². The van der Waals surface area contributed by atoms with Gasteiger partial charge in [-0.1, -0.05) is 24.3 Å². The number of halogens is 2. The predicted molar refractivity (Wildman–Crippen MR) is 82.3 cm³/mol. The molecule has 106 valence electrons. The van der Waals surface area contributed by atoms with Gasteiger partial charge in [0.25, 0.3) is 0 Å². The van der Waals surface area contributed by atoms with Gasteiger partial charge in [0, 0.05) is 6.04 Å². The van der Waals surface area contributed by atoms with Crippen LogP contribution in [0.4, 0.5) is 4.39 Å². The van der Waals surface area contributed by atoms with Gasteiger partial charge in [-0.3, -0.25) is 0 Å². The summed E-state index contributed by atoms with van der Waals surface area (Å²) < 4.78 is 19.7. The molecule has 2 nitrogen and oxygen atoms in total. The number of benzene rings is 2. The van der Waals surface area contributed by atoms with Crippen molar-refractivity contribution in [1.82, 2.24) is 0 Å². The Balaban J connectivity index is 2.33. The molecular formula is C16H17BrFNO. The summed E-state index contributed by atoms with van der Waals surface area (Å²) in [4.78, 5) is 0. The lowest BCUT2D eigenvalue weighted by molar-refractivity contribution is 0.178. The van der Waals surface area contributed by atoms with Crippen LogP contribution < -0.4 is 10.5 Å². The van der Waals surface area contributed by atoms with Gasteiger partial charge in [0.05, 0.1) is 4.47 Å². The summed E-state index contributed by atoms with van der Waals surface area (Å²) in [6.07, 6.45) is -0.280. The van der Waals surface area contributed by atoms with Crippen LogP contribution in [0.1, 0.15) is 24.2 Å². The van der Waals surface area contributed by atoms with Crippen LogP contribution in [0.2, 0.25) is 0 Å². The maximum absolute atomic E-state index is 13.1. The molecule has 2 unspecified atom stereocenters. The van der Waals surface area contributed by atoms with Crippen molar-refractivity contribution in [2.45, 2.75) is 26.0 Å². The molecule has 0 aliphatic heterocycles. The number of hydrogen-bond donors (Lipinski definition) is 1. The lowest BCUT2D eigenvalue weighted by Gasteiger charge is -2.25. The fourth-order valence-electron chi connectivity index (χ4n) is 2.07. The minimum Gasteiger partial charge on any atom is -0.483 e. The van der Waals surface area contributed by atoms with Crippen LogP contribution in [-0.4, -0.2) is 6.04 Å². The Morgan fingerprint density at radius 2 is 1.90 bits per heavy atom. The fraction of sp³-hybridized carbons (Fsp3) is 0.250. The first-order valence-electron chi connectivity index (χ1n) is 6.42. The van der Waals surface area contributed by atoms with Gasteiger partial charge < -0.3 is 10.5 Å². The maximum Gasteiger partial charge on any atom is 0.139 e. The standard InChI is InChI=1S/C16H17BrFNO/c1-10-5-3-4-6-13(10)16(11(2)19)20-15-8-7-12(18)9-14(15)17/h3-9,11,16H,19H2,1-2H3. The molecule has 0 heterocycles. The van der Waals surface area contributed by atoms with Crippen LogP contribution >= 0.6 is 15.9 Å². The van der Waals surface area contributed by atoms with E-state index in [0.29, 0.717) is 10.2 Å². The second-order valence-electron chi connectivity index (χ2n) is 4.83.